The summed E-state index contributed by atoms with van der Waals surface area (Å²) >= 11 is 0. The van der Waals surface area contributed by atoms with E-state index < -0.39 is 5.41 Å². The molecule has 0 unspecified atom stereocenters. The van der Waals surface area contributed by atoms with Gasteiger partial charge >= 0.3 is 0 Å². The Kier molecular flexibility index (Phi) is 5.26. The summed E-state index contributed by atoms with van der Waals surface area (Å²) in [7, 11) is 0. The third-order valence-electron chi connectivity index (χ3n) is 4.42. The highest BCUT2D eigenvalue weighted by atomic mass is 16.2. The monoisotopic (exact) mass is 331 g/mol. The van der Waals surface area contributed by atoms with E-state index in [1.54, 1.807) is 23.6 Å². The summed E-state index contributed by atoms with van der Waals surface area (Å²) in [4.78, 5) is 40.0. The lowest BCUT2D eigenvalue weighted by molar-refractivity contribution is -0.149. The molecule has 0 aliphatic carbocycles. The van der Waals surface area contributed by atoms with Gasteiger partial charge in [-0.2, -0.15) is 0 Å². The van der Waals surface area contributed by atoms with Crippen molar-refractivity contribution >= 4 is 23.4 Å². The molecule has 1 aliphatic heterocycles. The summed E-state index contributed by atoms with van der Waals surface area (Å²) < 4.78 is 0. The molecule has 130 valence electrons. The standard InChI is InChI=1S/C18H25N3O3/c1-13-5-7-15(8-6-13)19-16(23)18(3,4)17(24)21-11-9-20(10-12-21)14(2)22/h5-8H,9-12H2,1-4H3,(H,19,23). The number of hydrogen-bond acceptors (Lipinski definition) is 3. The van der Waals surface area contributed by atoms with Crippen LogP contribution in [0.1, 0.15) is 26.3 Å². The number of piperazine rings is 1. The van der Waals surface area contributed by atoms with Crippen LogP contribution in [-0.4, -0.2) is 53.7 Å². The number of amides is 3. The fourth-order valence-electron chi connectivity index (χ4n) is 2.64. The molecule has 0 atom stereocenters. The van der Waals surface area contributed by atoms with Crippen LogP contribution in [0.5, 0.6) is 0 Å². The largest absolute Gasteiger partial charge is 0.339 e. The average Bonchev–Trinajstić information content (AvgIpc) is 2.56. The summed E-state index contributed by atoms with van der Waals surface area (Å²) in [5, 5.41) is 2.81. The number of anilines is 1. The Bertz CT molecular complexity index is 629. The number of nitrogens with one attached hydrogen (secondary N) is 1. The second kappa shape index (κ2) is 7.03. The molecule has 1 saturated heterocycles. The average molecular weight is 331 g/mol. The Labute approximate surface area is 142 Å². The van der Waals surface area contributed by atoms with Crippen molar-refractivity contribution in [1.29, 1.82) is 0 Å². The smallest absolute Gasteiger partial charge is 0.239 e. The molecule has 0 spiro atoms. The molecule has 1 fully saturated rings. The molecule has 0 bridgehead atoms. The van der Waals surface area contributed by atoms with Crippen LogP contribution in [0.2, 0.25) is 0 Å². The van der Waals surface area contributed by atoms with Gasteiger partial charge in [0, 0.05) is 38.8 Å². The SMILES string of the molecule is CC(=O)N1CCN(C(=O)C(C)(C)C(=O)Nc2ccc(C)cc2)CC1. The number of carbonyl (C=O) groups is 3. The number of rotatable bonds is 3. The maximum absolute atomic E-state index is 12.7. The summed E-state index contributed by atoms with van der Waals surface area (Å²) in [6.07, 6.45) is 0. The van der Waals surface area contributed by atoms with Gasteiger partial charge in [0.05, 0.1) is 0 Å². The lowest BCUT2D eigenvalue weighted by atomic mass is 9.89. The van der Waals surface area contributed by atoms with Crippen molar-refractivity contribution in [2.45, 2.75) is 27.7 Å². The van der Waals surface area contributed by atoms with E-state index in [1.807, 2.05) is 31.2 Å². The zero-order valence-electron chi connectivity index (χ0n) is 14.8. The lowest BCUT2D eigenvalue weighted by Gasteiger charge is -2.37. The van der Waals surface area contributed by atoms with Crippen LogP contribution in [0.25, 0.3) is 0 Å². The number of carbonyl (C=O) groups excluding carboxylic acids is 3. The van der Waals surface area contributed by atoms with Gasteiger partial charge in [-0.05, 0) is 32.9 Å². The third-order valence-corrected chi connectivity index (χ3v) is 4.42. The van der Waals surface area contributed by atoms with E-state index in [0.29, 0.717) is 31.9 Å². The summed E-state index contributed by atoms with van der Waals surface area (Å²) in [5.74, 6) is -0.529. The second-order valence-corrected chi connectivity index (χ2v) is 6.74. The number of aryl methyl sites for hydroxylation is 1. The Morgan fingerprint density at radius 1 is 0.958 bits per heavy atom. The number of hydrogen-bond donors (Lipinski definition) is 1. The highest BCUT2D eigenvalue weighted by Gasteiger charge is 2.40. The van der Waals surface area contributed by atoms with Crippen LogP contribution in [0, 0.1) is 12.3 Å². The number of nitrogens with zero attached hydrogens (tertiary/aromatic N) is 2. The molecule has 1 heterocycles. The fourth-order valence-corrected chi connectivity index (χ4v) is 2.64. The van der Waals surface area contributed by atoms with Crippen molar-refractivity contribution in [3.63, 3.8) is 0 Å². The number of benzene rings is 1. The molecule has 1 aromatic carbocycles. The van der Waals surface area contributed by atoms with Gasteiger partial charge < -0.3 is 15.1 Å². The van der Waals surface area contributed by atoms with Gasteiger partial charge in [-0.25, -0.2) is 0 Å². The Balaban J connectivity index is 2.00. The maximum Gasteiger partial charge on any atom is 0.239 e. The minimum absolute atomic E-state index is 0.0125. The van der Waals surface area contributed by atoms with Gasteiger partial charge in [0.15, 0.2) is 0 Å². The minimum Gasteiger partial charge on any atom is -0.339 e. The highest BCUT2D eigenvalue weighted by molar-refractivity contribution is 6.09. The van der Waals surface area contributed by atoms with E-state index in [9.17, 15) is 14.4 Å². The van der Waals surface area contributed by atoms with E-state index in [4.69, 9.17) is 0 Å². The van der Waals surface area contributed by atoms with E-state index in [-0.39, 0.29) is 17.7 Å². The molecule has 6 nitrogen and oxygen atoms in total. The van der Waals surface area contributed by atoms with Gasteiger partial charge in [-0.1, -0.05) is 17.7 Å². The van der Waals surface area contributed by atoms with E-state index in [2.05, 4.69) is 5.32 Å². The first-order valence-corrected chi connectivity index (χ1v) is 8.15. The second-order valence-electron chi connectivity index (χ2n) is 6.74. The predicted octanol–water partition coefficient (Wildman–Crippen LogP) is 1.65. The van der Waals surface area contributed by atoms with Crippen molar-refractivity contribution in [3.05, 3.63) is 29.8 Å². The molecule has 2 rings (SSSR count). The molecule has 6 heteroatoms. The zero-order chi connectivity index (χ0) is 17.9. The van der Waals surface area contributed by atoms with Crippen LogP contribution < -0.4 is 5.32 Å². The van der Waals surface area contributed by atoms with Crippen molar-refractivity contribution in [3.8, 4) is 0 Å². The van der Waals surface area contributed by atoms with Gasteiger partial charge in [0.2, 0.25) is 17.7 Å². The van der Waals surface area contributed by atoms with E-state index in [1.165, 1.54) is 6.92 Å². The molecule has 0 radical (unpaired) electrons. The summed E-state index contributed by atoms with van der Waals surface area (Å²) in [6, 6.07) is 7.45. The molecule has 0 saturated carbocycles. The molecule has 24 heavy (non-hydrogen) atoms. The summed E-state index contributed by atoms with van der Waals surface area (Å²) in [5.41, 5.74) is 0.614. The highest BCUT2D eigenvalue weighted by Crippen LogP contribution is 2.23. The van der Waals surface area contributed by atoms with Crippen molar-refractivity contribution < 1.29 is 14.4 Å². The van der Waals surface area contributed by atoms with Gasteiger partial charge in [-0.3, -0.25) is 14.4 Å². The first-order chi connectivity index (χ1) is 11.2. The molecular weight excluding hydrogens is 306 g/mol. The van der Waals surface area contributed by atoms with Crippen LogP contribution in [0.3, 0.4) is 0 Å². The molecule has 1 aromatic rings. The molecule has 0 aromatic heterocycles. The van der Waals surface area contributed by atoms with Gasteiger partial charge in [0.25, 0.3) is 0 Å². The first-order valence-electron chi connectivity index (χ1n) is 8.15. The topological polar surface area (TPSA) is 69.7 Å². The summed E-state index contributed by atoms with van der Waals surface area (Å²) in [6.45, 7) is 8.70. The third kappa shape index (κ3) is 3.93. The van der Waals surface area contributed by atoms with Crippen LogP contribution in [0.4, 0.5) is 5.69 Å². The van der Waals surface area contributed by atoms with Crippen LogP contribution >= 0.6 is 0 Å². The molecule has 1 N–H and O–H groups in total. The fraction of sp³-hybridized carbons (Fsp3) is 0.500. The quantitative estimate of drug-likeness (QED) is 0.856. The zero-order valence-corrected chi connectivity index (χ0v) is 14.8. The van der Waals surface area contributed by atoms with Crippen molar-refractivity contribution in [1.82, 2.24) is 9.80 Å². The van der Waals surface area contributed by atoms with Crippen molar-refractivity contribution in [2.24, 2.45) is 5.41 Å². The van der Waals surface area contributed by atoms with Crippen LogP contribution in [-0.2, 0) is 14.4 Å². The van der Waals surface area contributed by atoms with Gasteiger partial charge in [-0.15, -0.1) is 0 Å². The maximum atomic E-state index is 12.7. The van der Waals surface area contributed by atoms with Gasteiger partial charge in [0.1, 0.15) is 5.41 Å². The lowest BCUT2D eigenvalue weighted by Crippen LogP contribution is -2.55. The Morgan fingerprint density at radius 2 is 1.46 bits per heavy atom. The molecule has 1 aliphatic rings. The van der Waals surface area contributed by atoms with E-state index >= 15 is 0 Å². The van der Waals surface area contributed by atoms with E-state index in [0.717, 1.165) is 5.56 Å². The minimum atomic E-state index is -1.16. The first kappa shape index (κ1) is 18.0. The normalized spacial score (nSPS) is 15.2. The Hall–Kier alpha value is -2.37. The van der Waals surface area contributed by atoms with Crippen LogP contribution in [0.15, 0.2) is 24.3 Å². The predicted molar refractivity (Wildman–Crippen MR) is 92.4 cm³/mol. The Morgan fingerprint density at radius 3 is 1.96 bits per heavy atom. The molecule has 3 amide bonds. The molecular formula is C18H25N3O3. The van der Waals surface area contributed by atoms with Crippen molar-refractivity contribution in [2.75, 3.05) is 31.5 Å².